The number of H-pyrrole nitrogens is 1. The van der Waals surface area contributed by atoms with E-state index in [0.717, 1.165) is 37.0 Å². The average Bonchev–Trinajstić information content (AvgIpc) is 2.82. The van der Waals surface area contributed by atoms with Crippen LogP contribution in [0.2, 0.25) is 0 Å². The molecule has 6 heteroatoms. The lowest BCUT2D eigenvalue weighted by Gasteiger charge is -2.20. The van der Waals surface area contributed by atoms with Crippen LogP contribution in [0.25, 0.3) is 11.0 Å². The van der Waals surface area contributed by atoms with Crippen molar-refractivity contribution in [2.45, 2.75) is 12.8 Å². The van der Waals surface area contributed by atoms with E-state index < -0.39 is 0 Å². The first-order valence-corrected chi connectivity index (χ1v) is 6.29. The Morgan fingerprint density at radius 2 is 2.00 bits per heavy atom. The van der Waals surface area contributed by atoms with Crippen LogP contribution in [0.4, 0.5) is 5.95 Å². The van der Waals surface area contributed by atoms with Crippen LogP contribution in [0.3, 0.4) is 0 Å². The first-order valence-electron chi connectivity index (χ1n) is 6.29. The van der Waals surface area contributed by atoms with E-state index >= 15 is 0 Å². The monoisotopic (exact) mass is 280 g/mol. The minimum absolute atomic E-state index is 0. The van der Waals surface area contributed by atoms with Gasteiger partial charge in [0.05, 0.1) is 11.0 Å². The fourth-order valence-corrected chi connectivity index (χ4v) is 2.31. The normalized spacial score (nSPS) is 16.0. The van der Waals surface area contributed by atoms with Gasteiger partial charge in [-0.2, -0.15) is 0 Å². The molecule has 0 radical (unpaired) electrons. The van der Waals surface area contributed by atoms with Gasteiger partial charge in [-0.05, 0) is 38.1 Å². The van der Waals surface area contributed by atoms with E-state index in [4.69, 9.17) is 0 Å². The summed E-state index contributed by atoms with van der Waals surface area (Å²) < 4.78 is 0. The zero-order chi connectivity index (χ0) is 12.4. The zero-order valence-corrected chi connectivity index (χ0v) is 11.3. The summed E-state index contributed by atoms with van der Waals surface area (Å²) in [6.45, 7) is 1.83. The predicted molar refractivity (Wildman–Crippen MR) is 77.6 cm³/mol. The topological polar surface area (TPSA) is 69.8 Å². The Kier molecular flexibility index (Phi) is 4.39. The Balaban J connectivity index is 0.00000133. The molecule has 5 nitrogen and oxygen atoms in total. The van der Waals surface area contributed by atoms with Gasteiger partial charge < -0.3 is 10.3 Å². The van der Waals surface area contributed by atoms with E-state index in [1.54, 1.807) is 0 Å². The predicted octanol–water partition coefficient (Wildman–Crippen LogP) is 1.92. The molecular weight excluding hydrogens is 264 g/mol. The number of fused-ring (bicyclic) bond motifs is 1. The number of carbonyl (C=O) groups is 1. The smallest absolute Gasteiger partial charge is 0.229 e. The second kappa shape index (κ2) is 6.04. The van der Waals surface area contributed by atoms with Crippen molar-refractivity contribution >= 4 is 35.3 Å². The number of anilines is 1. The molecule has 2 heterocycles. The van der Waals surface area contributed by atoms with Crippen molar-refractivity contribution in [3.05, 3.63) is 24.3 Å². The van der Waals surface area contributed by atoms with Crippen molar-refractivity contribution in [2.75, 3.05) is 18.4 Å². The number of carbonyl (C=O) groups excluding carboxylic acids is 1. The van der Waals surface area contributed by atoms with Crippen molar-refractivity contribution in [3.8, 4) is 0 Å². The van der Waals surface area contributed by atoms with Gasteiger partial charge in [0, 0.05) is 5.92 Å². The molecule has 1 aliphatic rings. The summed E-state index contributed by atoms with van der Waals surface area (Å²) >= 11 is 0. The van der Waals surface area contributed by atoms with E-state index in [0.29, 0.717) is 5.95 Å². The third-order valence-electron chi connectivity index (χ3n) is 3.34. The number of aromatic nitrogens is 2. The Hall–Kier alpha value is -1.59. The summed E-state index contributed by atoms with van der Waals surface area (Å²) in [6, 6.07) is 7.75. The van der Waals surface area contributed by atoms with E-state index in [1.807, 2.05) is 24.3 Å². The van der Waals surface area contributed by atoms with Crippen LogP contribution in [0.15, 0.2) is 24.3 Å². The maximum Gasteiger partial charge on any atom is 0.229 e. The third kappa shape index (κ3) is 3.05. The van der Waals surface area contributed by atoms with Gasteiger partial charge >= 0.3 is 0 Å². The number of amides is 1. The Morgan fingerprint density at radius 3 is 2.74 bits per heavy atom. The van der Waals surface area contributed by atoms with E-state index in [2.05, 4.69) is 20.6 Å². The maximum absolute atomic E-state index is 12.0. The summed E-state index contributed by atoms with van der Waals surface area (Å²) in [5.41, 5.74) is 1.82. The molecule has 3 rings (SSSR count). The number of rotatable bonds is 2. The average molecular weight is 281 g/mol. The molecule has 19 heavy (non-hydrogen) atoms. The molecule has 0 aliphatic carbocycles. The molecule has 0 bridgehead atoms. The second-order valence-electron chi connectivity index (χ2n) is 4.62. The van der Waals surface area contributed by atoms with Crippen LogP contribution in [0, 0.1) is 5.92 Å². The van der Waals surface area contributed by atoms with Gasteiger partial charge in [-0.25, -0.2) is 4.98 Å². The van der Waals surface area contributed by atoms with Crippen LogP contribution in [0.1, 0.15) is 12.8 Å². The van der Waals surface area contributed by atoms with E-state index in [-0.39, 0.29) is 24.2 Å². The molecule has 0 spiro atoms. The number of halogens is 1. The lowest BCUT2D eigenvalue weighted by Crippen LogP contribution is -2.34. The number of hydrogen-bond acceptors (Lipinski definition) is 3. The maximum atomic E-state index is 12.0. The van der Waals surface area contributed by atoms with E-state index in [9.17, 15) is 4.79 Å². The summed E-state index contributed by atoms with van der Waals surface area (Å²) in [4.78, 5) is 19.5. The van der Waals surface area contributed by atoms with Crippen LogP contribution in [-0.4, -0.2) is 29.0 Å². The second-order valence-corrected chi connectivity index (χ2v) is 4.62. The minimum atomic E-state index is 0. The third-order valence-corrected chi connectivity index (χ3v) is 3.34. The van der Waals surface area contributed by atoms with Crippen LogP contribution in [-0.2, 0) is 4.79 Å². The van der Waals surface area contributed by atoms with Crippen LogP contribution in [0.5, 0.6) is 0 Å². The summed E-state index contributed by atoms with van der Waals surface area (Å²) in [5, 5.41) is 6.12. The number of para-hydroxylation sites is 2. The molecule has 1 amide bonds. The van der Waals surface area contributed by atoms with Crippen molar-refractivity contribution in [3.63, 3.8) is 0 Å². The van der Waals surface area contributed by atoms with Crippen LogP contribution < -0.4 is 10.6 Å². The van der Waals surface area contributed by atoms with Gasteiger partial charge in [0.2, 0.25) is 11.9 Å². The number of imidazole rings is 1. The molecule has 102 valence electrons. The Bertz CT molecular complexity index is 530. The fourth-order valence-electron chi connectivity index (χ4n) is 2.31. The SMILES string of the molecule is Cl.O=C(Nc1nc2ccccc2[nH]1)C1CCNCC1. The van der Waals surface area contributed by atoms with Crippen LogP contribution >= 0.6 is 12.4 Å². The number of benzene rings is 1. The summed E-state index contributed by atoms with van der Waals surface area (Å²) in [7, 11) is 0. The highest BCUT2D eigenvalue weighted by atomic mass is 35.5. The molecule has 0 atom stereocenters. The Labute approximate surface area is 117 Å². The summed E-state index contributed by atoms with van der Waals surface area (Å²) in [5.74, 6) is 0.703. The van der Waals surface area contributed by atoms with Gasteiger partial charge in [-0.15, -0.1) is 12.4 Å². The molecule has 1 fully saturated rings. The first kappa shape index (κ1) is 13.8. The van der Waals surface area contributed by atoms with Crippen molar-refractivity contribution in [1.29, 1.82) is 0 Å². The van der Waals surface area contributed by atoms with Crippen molar-refractivity contribution in [2.24, 2.45) is 5.92 Å². The van der Waals surface area contributed by atoms with Gasteiger partial charge in [0.15, 0.2) is 0 Å². The fraction of sp³-hybridized carbons (Fsp3) is 0.385. The zero-order valence-electron chi connectivity index (χ0n) is 10.5. The molecule has 0 unspecified atom stereocenters. The molecule has 1 aromatic heterocycles. The van der Waals surface area contributed by atoms with Crippen molar-refractivity contribution < 1.29 is 4.79 Å². The molecule has 3 N–H and O–H groups in total. The standard InChI is InChI=1S/C13H16N4O.ClH/c18-12(9-5-7-14-8-6-9)17-13-15-10-3-1-2-4-11(10)16-13;/h1-4,9,14H,5-8H2,(H2,15,16,17,18);1H. The minimum Gasteiger partial charge on any atom is -0.324 e. The largest absolute Gasteiger partial charge is 0.324 e. The molecule has 0 saturated carbocycles. The summed E-state index contributed by atoms with van der Waals surface area (Å²) in [6.07, 6.45) is 1.79. The van der Waals surface area contributed by atoms with Gasteiger partial charge in [0.1, 0.15) is 0 Å². The molecule has 1 aliphatic heterocycles. The van der Waals surface area contributed by atoms with Gasteiger partial charge in [-0.1, -0.05) is 12.1 Å². The van der Waals surface area contributed by atoms with Crippen molar-refractivity contribution in [1.82, 2.24) is 15.3 Å². The number of nitrogens with zero attached hydrogens (tertiary/aromatic N) is 1. The lowest BCUT2D eigenvalue weighted by atomic mass is 9.97. The van der Waals surface area contributed by atoms with Gasteiger partial charge in [-0.3, -0.25) is 10.1 Å². The number of hydrogen-bond donors (Lipinski definition) is 3. The highest BCUT2D eigenvalue weighted by molar-refractivity contribution is 5.92. The molecule has 2 aromatic rings. The Morgan fingerprint density at radius 1 is 1.26 bits per heavy atom. The molecular formula is C13H17ClN4O. The first-order chi connectivity index (χ1) is 8.83. The lowest BCUT2D eigenvalue weighted by molar-refractivity contribution is -0.120. The number of nitrogens with one attached hydrogen (secondary N) is 3. The van der Waals surface area contributed by atoms with Gasteiger partial charge in [0.25, 0.3) is 0 Å². The molecule has 1 saturated heterocycles. The highest BCUT2D eigenvalue weighted by Gasteiger charge is 2.21. The molecule has 1 aromatic carbocycles. The highest BCUT2D eigenvalue weighted by Crippen LogP contribution is 2.16. The quantitative estimate of drug-likeness (QED) is 0.787. The van der Waals surface area contributed by atoms with E-state index in [1.165, 1.54) is 0 Å². The number of piperidine rings is 1. The number of aromatic amines is 1.